The third-order valence-electron chi connectivity index (χ3n) is 8.39. The highest BCUT2D eigenvalue weighted by atomic mass is 16.5. The molecule has 1 heterocycles. The molecule has 4 aromatic carbocycles. The third-order valence-corrected chi connectivity index (χ3v) is 8.39. The zero-order chi connectivity index (χ0) is 33.7. The zero-order valence-corrected chi connectivity index (χ0v) is 27.4. The fourth-order valence-corrected chi connectivity index (χ4v) is 5.58. The number of aryl methyl sites for hydroxylation is 1. The summed E-state index contributed by atoms with van der Waals surface area (Å²) in [5.41, 5.74) is 5.11. The van der Waals surface area contributed by atoms with Gasteiger partial charge in [0.15, 0.2) is 0 Å². The second-order valence-corrected chi connectivity index (χ2v) is 11.7. The molecule has 0 atom stereocenters. The van der Waals surface area contributed by atoms with Crippen LogP contribution in [0.25, 0.3) is 12.2 Å². The molecule has 0 aliphatic carbocycles. The molecule has 8 nitrogen and oxygen atoms in total. The van der Waals surface area contributed by atoms with Crippen molar-refractivity contribution in [3.05, 3.63) is 130 Å². The largest absolute Gasteiger partial charge is 0.493 e. The highest BCUT2D eigenvalue weighted by molar-refractivity contribution is 6.00. The van der Waals surface area contributed by atoms with Crippen LogP contribution in [0.4, 0.5) is 0 Å². The van der Waals surface area contributed by atoms with E-state index in [9.17, 15) is 14.4 Å². The van der Waals surface area contributed by atoms with E-state index < -0.39 is 5.97 Å². The van der Waals surface area contributed by atoms with Gasteiger partial charge in [-0.25, -0.2) is 4.79 Å². The average Bonchev–Trinajstić information content (AvgIpc) is 3.15. The fraction of sp³-hybridized carbons (Fsp3) is 0.275. The van der Waals surface area contributed by atoms with E-state index in [0.29, 0.717) is 50.5 Å². The Morgan fingerprint density at radius 3 is 2.08 bits per heavy atom. The molecular weight excluding hydrogens is 606 g/mol. The number of nitrogens with zero attached hydrogens (tertiary/aromatic N) is 1. The maximum absolute atomic E-state index is 13.5. The standard InChI is InChI=1S/C40H41NO7/c1-45-39(43)33-22-24-41(25-23-33)38(42)36-27-34(40(44)46-2)18-21-37(36)47-26-6-9-30-16-19-35(20-17-30)48-28-32-14-12-31(13-15-32)11-10-29-7-4-3-5-8-29/h3-5,7-8,10-21,27,33H,6,9,22-26,28H2,1-2H3. The number of hydrogen-bond acceptors (Lipinski definition) is 7. The highest BCUT2D eigenvalue weighted by Gasteiger charge is 2.30. The first kappa shape index (κ1) is 34.0. The lowest BCUT2D eigenvalue weighted by molar-refractivity contribution is -0.146. The first-order chi connectivity index (χ1) is 23.4. The van der Waals surface area contributed by atoms with Crippen LogP contribution in [0.3, 0.4) is 0 Å². The quantitative estimate of drug-likeness (QED) is 0.0857. The average molecular weight is 648 g/mol. The molecule has 1 saturated heterocycles. The lowest BCUT2D eigenvalue weighted by atomic mass is 9.96. The molecule has 0 radical (unpaired) electrons. The molecule has 8 heteroatoms. The predicted molar refractivity (Wildman–Crippen MR) is 185 cm³/mol. The van der Waals surface area contributed by atoms with E-state index in [-0.39, 0.29) is 23.4 Å². The molecule has 248 valence electrons. The van der Waals surface area contributed by atoms with Gasteiger partial charge in [0, 0.05) is 13.1 Å². The number of piperidine rings is 1. The highest BCUT2D eigenvalue weighted by Crippen LogP contribution is 2.26. The molecule has 0 saturated carbocycles. The summed E-state index contributed by atoms with van der Waals surface area (Å²) in [6.45, 7) is 1.70. The van der Waals surface area contributed by atoms with Crippen LogP contribution in [-0.2, 0) is 27.3 Å². The second-order valence-electron chi connectivity index (χ2n) is 11.7. The molecule has 1 aliphatic heterocycles. The van der Waals surface area contributed by atoms with Crippen molar-refractivity contribution in [2.75, 3.05) is 33.9 Å². The second kappa shape index (κ2) is 17.0. The SMILES string of the molecule is COC(=O)c1ccc(OCCCc2ccc(OCc3ccc(C=Cc4ccccc4)cc3)cc2)c(C(=O)N2CCC(C(=O)OC)CC2)c1. The van der Waals surface area contributed by atoms with Crippen molar-refractivity contribution in [1.29, 1.82) is 0 Å². The topological polar surface area (TPSA) is 91.4 Å². The van der Waals surface area contributed by atoms with E-state index in [2.05, 4.69) is 48.6 Å². The van der Waals surface area contributed by atoms with Gasteiger partial charge in [-0.1, -0.05) is 78.9 Å². The van der Waals surface area contributed by atoms with E-state index in [4.69, 9.17) is 18.9 Å². The van der Waals surface area contributed by atoms with Gasteiger partial charge in [0.05, 0.1) is 37.9 Å². The number of esters is 2. The number of amides is 1. The molecule has 4 aromatic rings. The van der Waals surface area contributed by atoms with Crippen LogP contribution >= 0.6 is 0 Å². The first-order valence-corrected chi connectivity index (χ1v) is 16.2. The Balaban J connectivity index is 1.10. The molecule has 48 heavy (non-hydrogen) atoms. The van der Waals surface area contributed by atoms with Crippen LogP contribution in [0.2, 0.25) is 0 Å². The van der Waals surface area contributed by atoms with E-state index in [1.165, 1.54) is 25.8 Å². The first-order valence-electron chi connectivity index (χ1n) is 16.2. The van der Waals surface area contributed by atoms with E-state index in [1.54, 1.807) is 17.0 Å². The van der Waals surface area contributed by atoms with Gasteiger partial charge >= 0.3 is 11.9 Å². The van der Waals surface area contributed by atoms with Crippen molar-refractivity contribution in [3.8, 4) is 11.5 Å². The van der Waals surface area contributed by atoms with Gasteiger partial charge in [-0.05, 0) is 78.3 Å². The molecule has 1 aliphatic rings. The van der Waals surface area contributed by atoms with Crippen LogP contribution in [-0.4, -0.2) is 56.7 Å². The summed E-state index contributed by atoms with van der Waals surface area (Å²) in [6, 6.07) is 31.3. The summed E-state index contributed by atoms with van der Waals surface area (Å²) < 4.78 is 21.8. The van der Waals surface area contributed by atoms with E-state index in [1.807, 2.05) is 42.5 Å². The molecule has 5 rings (SSSR count). The number of rotatable bonds is 13. The maximum Gasteiger partial charge on any atom is 0.337 e. The van der Waals surface area contributed by atoms with Gasteiger partial charge < -0.3 is 23.8 Å². The monoisotopic (exact) mass is 647 g/mol. The summed E-state index contributed by atoms with van der Waals surface area (Å²) in [5.74, 6) is -0.0419. The minimum atomic E-state index is -0.530. The Kier molecular flexibility index (Phi) is 12.0. The zero-order valence-electron chi connectivity index (χ0n) is 27.4. The summed E-state index contributed by atoms with van der Waals surface area (Å²) in [6.07, 6.45) is 6.75. The van der Waals surface area contributed by atoms with Crippen LogP contribution in [0, 0.1) is 5.92 Å². The lowest BCUT2D eigenvalue weighted by Gasteiger charge is -2.31. The minimum Gasteiger partial charge on any atom is -0.493 e. The van der Waals surface area contributed by atoms with Gasteiger partial charge in [-0.2, -0.15) is 0 Å². The van der Waals surface area contributed by atoms with Gasteiger partial charge in [0.1, 0.15) is 18.1 Å². The van der Waals surface area contributed by atoms with Crippen molar-refractivity contribution in [1.82, 2.24) is 4.90 Å². The summed E-state index contributed by atoms with van der Waals surface area (Å²) in [5, 5.41) is 0. The normalized spacial score (nSPS) is 13.2. The van der Waals surface area contributed by atoms with Gasteiger partial charge in [0.2, 0.25) is 0 Å². The van der Waals surface area contributed by atoms with Gasteiger partial charge in [0.25, 0.3) is 5.91 Å². The number of hydrogen-bond donors (Lipinski definition) is 0. The van der Waals surface area contributed by atoms with Crippen molar-refractivity contribution in [3.63, 3.8) is 0 Å². The Morgan fingerprint density at radius 2 is 1.42 bits per heavy atom. The molecule has 0 spiro atoms. The maximum atomic E-state index is 13.5. The number of carbonyl (C=O) groups is 3. The van der Waals surface area contributed by atoms with Crippen LogP contribution in [0.5, 0.6) is 11.5 Å². The number of ether oxygens (including phenoxy) is 4. The molecule has 0 unspecified atom stereocenters. The molecule has 1 amide bonds. The molecule has 0 aromatic heterocycles. The predicted octanol–water partition coefficient (Wildman–Crippen LogP) is 7.26. The molecule has 1 fully saturated rings. The van der Waals surface area contributed by atoms with Crippen LogP contribution in [0.1, 0.15) is 62.2 Å². The Morgan fingerprint density at radius 1 is 0.750 bits per heavy atom. The fourth-order valence-electron chi connectivity index (χ4n) is 5.58. The number of benzene rings is 4. The Hall–Kier alpha value is -5.37. The molecular formula is C40H41NO7. The van der Waals surface area contributed by atoms with E-state index in [0.717, 1.165) is 35.3 Å². The van der Waals surface area contributed by atoms with Gasteiger partial charge in [-0.3, -0.25) is 9.59 Å². The van der Waals surface area contributed by atoms with Crippen molar-refractivity contribution < 1.29 is 33.3 Å². The van der Waals surface area contributed by atoms with Crippen LogP contribution < -0.4 is 9.47 Å². The number of methoxy groups -OCH3 is 2. The molecule has 0 N–H and O–H groups in total. The summed E-state index contributed by atoms with van der Waals surface area (Å²) in [7, 11) is 2.68. The number of likely N-dealkylation sites (tertiary alicyclic amines) is 1. The van der Waals surface area contributed by atoms with Crippen molar-refractivity contribution >= 4 is 30.0 Å². The molecule has 0 bridgehead atoms. The Labute approximate surface area is 281 Å². The van der Waals surface area contributed by atoms with Crippen molar-refractivity contribution in [2.24, 2.45) is 5.92 Å². The van der Waals surface area contributed by atoms with Crippen LogP contribution in [0.15, 0.2) is 97.1 Å². The number of carbonyl (C=O) groups excluding carboxylic acids is 3. The van der Waals surface area contributed by atoms with Gasteiger partial charge in [-0.15, -0.1) is 0 Å². The minimum absolute atomic E-state index is 0.220. The summed E-state index contributed by atoms with van der Waals surface area (Å²) >= 11 is 0. The van der Waals surface area contributed by atoms with E-state index >= 15 is 0 Å². The summed E-state index contributed by atoms with van der Waals surface area (Å²) in [4.78, 5) is 39.3. The third kappa shape index (κ3) is 9.35. The smallest absolute Gasteiger partial charge is 0.337 e. The lowest BCUT2D eigenvalue weighted by Crippen LogP contribution is -2.40. The Bertz CT molecular complexity index is 1690. The van der Waals surface area contributed by atoms with Crippen molar-refractivity contribution in [2.45, 2.75) is 32.3 Å².